The van der Waals surface area contributed by atoms with Crippen LogP contribution in [-0.4, -0.2) is 57.6 Å². The second kappa shape index (κ2) is 9.73. The quantitative estimate of drug-likeness (QED) is 0.760. The molecule has 1 aliphatic rings. The molecule has 0 saturated carbocycles. The summed E-state index contributed by atoms with van der Waals surface area (Å²) in [6, 6.07) is 1.56. The molecule has 12 heteroatoms. The Morgan fingerprint density at radius 2 is 1.83 bits per heavy atom. The largest absolute Gasteiger partial charge is 0.433 e. The summed E-state index contributed by atoms with van der Waals surface area (Å²) in [6.07, 6.45) is -3.87. The topological polar surface area (TPSA) is 74.3 Å². The van der Waals surface area contributed by atoms with Gasteiger partial charge in [0, 0.05) is 45.5 Å². The van der Waals surface area contributed by atoms with Crippen LogP contribution in [0.15, 0.2) is 23.2 Å². The number of pyridine rings is 1. The first-order chi connectivity index (χ1) is 10.3. The Kier molecular flexibility index (Phi) is 9.47. The van der Waals surface area contributed by atoms with E-state index in [1.807, 2.05) is 0 Å². The Morgan fingerprint density at radius 1 is 1.21 bits per heavy atom. The number of piperazine rings is 1. The van der Waals surface area contributed by atoms with Crippen LogP contribution >= 0.6 is 24.8 Å². The van der Waals surface area contributed by atoms with Gasteiger partial charge in [0.15, 0.2) is 0 Å². The van der Waals surface area contributed by atoms with Crippen molar-refractivity contribution >= 4 is 34.8 Å². The van der Waals surface area contributed by atoms with Crippen molar-refractivity contribution in [2.75, 3.05) is 39.3 Å². The maximum atomic E-state index is 12.4. The molecule has 0 unspecified atom stereocenters. The van der Waals surface area contributed by atoms with Gasteiger partial charge in [0.25, 0.3) is 0 Å². The first-order valence-corrected chi connectivity index (χ1v) is 8.23. The zero-order valence-corrected chi connectivity index (χ0v) is 15.0. The molecule has 0 atom stereocenters. The normalized spacial score (nSPS) is 16.1. The molecule has 2 N–H and O–H groups in total. The van der Waals surface area contributed by atoms with E-state index in [0.717, 1.165) is 38.4 Å². The lowest BCUT2D eigenvalue weighted by Crippen LogP contribution is -2.46. The average Bonchev–Trinajstić information content (AvgIpc) is 2.47. The summed E-state index contributed by atoms with van der Waals surface area (Å²) in [5.41, 5.74) is -1.12. The number of rotatable bonds is 5. The lowest BCUT2D eigenvalue weighted by molar-refractivity contribution is -0.141. The number of nitrogens with one attached hydrogen (secondary N) is 2. The third-order valence-corrected chi connectivity index (χ3v) is 4.71. The van der Waals surface area contributed by atoms with E-state index in [4.69, 9.17) is 0 Å². The van der Waals surface area contributed by atoms with Gasteiger partial charge in [0.1, 0.15) is 10.6 Å². The molecule has 0 spiro atoms. The van der Waals surface area contributed by atoms with E-state index in [-0.39, 0.29) is 36.3 Å². The van der Waals surface area contributed by atoms with Gasteiger partial charge in [-0.25, -0.2) is 13.1 Å². The smallest absolute Gasteiger partial charge is 0.314 e. The molecule has 140 valence electrons. The van der Waals surface area contributed by atoms with Crippen molar-refractivity contribution in [3.63, 3.8) is 0 Å². The third kappa shape index (κ3) is 6.69. The first-order valence-electron chi connectivity index (χ1n) is 6.75. The van der Waals surface area contributed by atoms with Crippen molar-refractivity contribution in [2.24, 2.45) is 0 Å². The molecule has 0 aromatic carbocycles. The Hall–Kier alpha value is -0.650. The lowest BCUT2D eigenvalue weighted by Gasteiger charge is -2.27. The fourth-order valence-corrected chi connectivity index (χ4v) is 3.03. The van der Waals surface area contributed by atoms with Crippen LogP contribution in [0.2, 0.25) is 0 Å². The minimum atomic E-state index is -4.59. The van der Waals surface area contributed by atoms with E-state index >= 15 is 0 Å². The molecular formula is C12H19Cl2F3N4O2S. The van der Waals surface area contributed by atoms with Gasteiger partial charge >= 0.3 is 6.18 Å². The second-order valence-corrected chi connectivity index (χ2v) is 6.63. The van der Waals surface area contributed by atoms with Gasteiger partial charge in [-0.05, 0) is 12.1 Å². The zero-order valence-electron chi connectivity index (χ0n) is 12.5. The zero-order chi connectivity index (χ0) is 16.2. The summed E-state index contributed by atoms with van der Waals surface area (Å²) in [4.78, 5) is 4.98. The molecule has 2 heterocycles. The fraction of sp³-hybridized carbons (Fsp3) is 0.583. The molecule has 1 aromatic rings. The Balaban J connectivity index is 0.00000264. The molecule has 0 radical (unpaired) electrons. The SMILES string of the molecule is Cl.Cl.O=S(=O)(NCCN1CCNCC1)c1ccc(C(F)(F)F)nc1. The van der Waals surface area contributed by atoms with Crippen molar-refractivity contribution in [3.8, 4) is 0 Å². The Labute approximate surface area is 151 Å². The monoisotopic (exact) mass is 410 g/mol. The summed E-state index contributed by atoms with van der Waals surface area (Å²) >= 11 is 0. The molecule has 0 bridgehead atoms. The summed E-state index contributed by atoms with van der Waals surface area (Å²) in [6.45, 7) is 4.14. The van der Waals surface area contributed by atoms with Gasteiger partial charge in [-0.3, -0.25) is 9.88 Å². The van der Waals surface area contributed by atoms with Gasteiger partial charge in [-0.1, -0.05) is 0 Å². The van der Waals surface area contributed by atoms with Crippen molar-refractivity contribution in [3.05, 3.63) is 24.0 Å². The van der Waals surface area contributed by atoms with Crippen LogP contribution in [0.1, 0.15) is 5.69 Å². The molecule has 0 amide bonds. The van der Waals surface area contributed by atoms with Gasteiger partial charge in [-0.15, -0.1) is 24.8 Å². The molecule has 2 rings (SSSR count). The van der Waals surface area contributed by atoms with E-state index < -0.39 is 21.9 Å². The number of alkyl halides is 3. The number of aromatic nitrogens is 1. The maximum Gasteiger partial charge on any atom is 0.433 e. The third-order valence-electron chi connectivity index (χ3n) is 3.27. The van der Waals surface area contributed by atoms with E-state index in [2.05, 4.69) is 19.9 Å². The number of hydrogen-bond donors (Lipinski definition) is 2. The van der Waals surface area contributed by atoms with E-state index in [1.165, 1.54) is 0 Å². The van der Waals surface area contributed by atoms with Crippen LogP contribution in [0.4, 0.5) is 13.2 Å². The standard InChI is InChI=1S/C12H17F3N4O2S.2ClH/c13-12(14,15)11-2-1-10(9-17-11)22(20,21)18-5-8-19-6-3-16-4-7-19;;/h1-2,9,16,18H,3-8H2;2*1H. The van der Waals surface area contributed by atoms with Gasteiger partial charge in [0.2, 0.25) is 10.0 Å². The molecule has 24 heavy (non-hydrogen) atoms. The molecule has 1 fully saturated rings. The van der Waals surface area contributed by atoms with Crippen molar-refractivity contribution in [1.82, 2.24) is 19.9 Å². The van der Waals surface area contributed by atoms with Crippen LogP contribution in [-0.2, 0) is 16.2 Å². The van der Waals surface area contributed by atoms with Crippen LogP contribution in [0.5, 0.6) is 0 Å². The van der Waals surface area contributed by atoms with Crippen LogP contribution < -0.4 is 10.0 Å². The summed E-state index contributed by atoms with van der Waals surface area (Å²) in [5, 5.41) is 3.18. The minimum Gasteiger partial charge on any atom is -0.314 e. The predicted octanol–water partition coefficient (Wildman–Crippen LogP) is 1.13. The molecule has 1 saturated heterocycles. The Bertz CT molecular complexity index is 593. The summed E-state index contributed by atoms with van der Waals surface area (Å²) in [5.74, 6) is 0. The van der Waals surface area contributed by atoms with Crippen molar-refractivity contribution in [2.45, 2.75) is 11.1 Å². The molecule has 0 aliphatic carbocycles. The van der Waals surface area contributed by atoms with Gasteiger partial charge < -0.3 is 5.32 Å². The maximum absolute atomic E-state index is 12.4. The van der Waals surface area contributed by atoms with E-state index in [9.17, 15) is 21.6 Å². The second-order valence-electron chi connectivity index (χ2n) is 4.87. The predicted molar refractivity (Wildman–Crippen MR) is 88.2 cm³/mol. The summed E-state index contributed by atoms with van der Waals surface area (Å²) in [7, 11) is -3.85. The highest BCUT2D eigenvalue weighted by Gasteiger charge is 2.32. The van der Waals surface area contributed by atoms with Crippen LogP contribution in [0.3, 0.4) is 0 Å². The molecular weight excluding hydrogens is 392 g/mol. The van der Waals surface area contributed by atoms with E-state index in [0.29, 0.717) is 12.6 Å². The van der Waals surface area contributed by atoms with Crippen LogP contribution in [0, 0.1) is 0 Å². The fourth-order valence-electron chi connectivity index (χ4n) is 2.06. The number of nitrogens with zero attached hydrogens (tertiary/aromatic N) is 2. The van der Waals surface area contributed by atoms with Crippen molar-refractivity contribution < 1.29 is 21.6 Å². The number of hydrogen-bond acceptors (Lipinski definition) is 5. The number of halogens is 5. The highest BCUT2D eigenvalue weighted by Crippen LogP contribution is 2.27. The van der Waals surface area contributed by atoms with Crippen molar-refractivity contribution in [1.29, 1.82) is 0 Å². The minimum absolute atomic E-state index is 0. The molecule has 1 aliphatic heterocycles. The number of sulfonamides is 1. The highest BCUT2D eigenvalue weighted by molar-refractivity contribution is 7.89. The van der Waals surface area contributed by atoms with E-state index in [1.54, 1.807) is 0 Å². The van der Waals surface area contributed by atoms with Gasteiger partial charge in [-0.2, -0.15) is 13.2 Å². The first kappa shape index (κ1) is 23.4. The summed E-state index contributed by atoms with van der Waals surface area (Å²) < 4.78 is 63.5. The average molecular weight is 411 g/mol. The Morgan fingerprint density at radius 3 is 2.33 bits per heavy atom. The highest BCUT2D eigenvalue weighted by atomic mass is 35.5. The molecule has 1 aromatic heterocycles. The lowest BCUT2D eigenvalue weighted by atomic mass is 10.3. The van der Waals surface area contributed by atoms with Crippen LogP contribution in [0.25, 0.3) is 0 Å². The van der Waals surface area contributed by atoms with Gasteiger partial charge in [0.05, 0.1) is 0 Å². The molecule has 6 nitrogen and oxygen atoms in total.